The molecule has 1 aromatic carbocycles. The van der Waals surface area contributed by atoms with E-state index in [9.17, 15) is 14.8 Å². The van der Waals surface area contributed by atoms with Gasteiger partial charge in [-0.25, -0.2) is 0 Å². The lowest BCUT2D eigenvalue weighted by molar-refractivity contribution is -0.137. The number of fused-ring (bicyclic) bond motifs is 5. The van der Waals surface area contributed by atoms with E-state index in [1.807, 2.05) is 12.1 Å². The number of carboxylic acids is 1. The monoisotopic (exact) mass is 539 g/mol. The Morgan fingerprint density at radius 2 is 1.74 bits per heavy atom. The number of carboxylic acid groups (broad SMARTS) is 1. The molecule has 2 fully saturated rings. The van der Waals surface area contributed by atoms with E-state index in [0.717, 1.165) is 64.2 Å². The van der Waals surface area contributed by atoms with Gasteiger partial charge >= 0.3 is 5.97 Å². The number of nitrogens with zero attached hydrogens (tertiary/aromatic N) is 1. The SMILES string of the molecule is C#C.C#C.CC12CC(OCCOCCCCCCCC(=O)O)[C@@H]3c4ccc(N=O)cc4CCC3C1CCC2O. The van der Waals surface area contributed by atoms with Gasteiger partial charge in [0.05, 0.1) is 25.4 Å². The minimum atomic E-state index is -0.719. The molecule has 0 amide bonds. The number of aliphatic carboxylic acids is 1. The number of aliphatic hydroxyl groups is 1. The topological polar surface area (TPSA) is 105 Å². The first-order valence-corrected chi connectivity index (χ1v) is 14.2. The van der Waals surface area contributed by atoms with Crippen LogP contribution in [-0.4, -0.2) is 48.2 Å². The minimum Gasteiger partial charge on any atom is -0.481 e. The zero-order valence-corrected chi connectivity index (χ0v) is 23.3. The number of rotatable bonds is 13. The maximum atomic E-state index is 11.1. The van der Waals surface area contributed by atoms with Crippen molar-refractivity contribution in [1.29, 1.82) is 0 Å². The highest BCUT2D eigenvalue weighted by Crippen LogP contribution is 2.61. The molecule has 0 spiro atoms. The molecule has 214 valence electrons. The third-order valence-corrected chi connectivity index (χ3v) is 8.96. The van der Waals surface area contributed by atoms with Crippen molar-refractivity contribution in [2.45, 2.75) is 95.7 Å². The number of unbranched alkanes of at least 4 members (excludes halogenated alkanes) is 4. The van der Waals surface area contributed by atoms with Gasteiger partial charge < -0.3 is 19.7 Å². The Labute approximate surface area is 234 Å². The van der Waals surface area contributed by atoms with Crippen LogP contribution in [-0.2, 0) is 20.7 Å². The fraction of sp³-hybridized carbons (Fsp3) is 0.656. The summed E-state index contributed by atoms with van der Waals surface area (Å²) in [5.41, 5.74) is 2.91. The highest BCUT2D eigenvalue weighted by Gasteiger charge is 2.58. The van der Waals surface area contributed by atoms with Gasteiger partial charge in [0.2, 0.25) is 0 Å². The van der Waals surface area contributed by atoms with E-state index in [1.54, 1.807) is 0 Å². The number of aryl methyl sites for hydroxylation is 1. The minimum absolute atomic E-state index is 0.0286. The first kappa shape index (κ1) is 32.5. The smallest absolute Gasteiger partial charge is 0.303 e. The zero-order chi connectivity index (χ0) is 28.8. The number of hydrogen-bond donors (Lipinski definition) is 2. The Morgan fingerprint density at radius 1 is 1.03 bits per heavy atom. The van der Waals surface area contributed by atoms with Crippen LogP contribution in [0.4, 0.5) is 5.69 Å². The van der Waals surface area contributed by atoms with Crippen LogP contribution in [0, 0.1) is 47.9 Å². The summed E-state index contributed by atoms with van der Waals surface area (Å²) < 4.78 is 12.3. The summed E-state index contributed by atoms with van der Waals surface area (Å²) in [6, 6.07) is 5.85. The first-order valence-electron chi connectivity index (χ1n) is 14.2. The van der Waals surface area contributed by atoms with Crippen LogP contribution >= 0.6 is 0 Å². The van der Waals surface area contributed by atoms with Crippen molar-refractivity contribution in [1.82, 2.24) is 0 Å². The predicted octanol–water partition coefficient (Wildman–Crippen LogP) is 6.24. The molecule has 4 rings (SSSR count). The van der Waals surface area contributed by atoms with Gasteiger partial charge in [0.25, 0.3) is 0 Å². The van der Waals surface area contributed by atoms with Crippen molar-refractivity contribution in [3.63, 3.8) is 0 Å². The molecule has 1 aromatic rings. The molecule has 0 aromatic heterocycles. The molecule has 5 unspecified atom stereocenters. The quantitative estimate of drug-likeness (QED) is 0.175. The Morgan fingerprint density at radius 3 is 2.46 bits per heavy atom. The van der Waals surface area contributed by atoms with Crippen molar-refractivity contribution in [2.75, 3.05) is 19.8 Å². The van der Waals surface area contributed by atoms with Crippen molar-refractivity contribution >= 4 is 11.7 Å². The Bertz CT molecular complexity index is 952. The van der Waals surface area contributed by atoms with E-state index in [4.69, 9.17) is 14.6 Å². The second-order valence-electron chi connectivity index (χ2n) is 11.0. The summed E-state index contributed by atoms with van der Waals surface area (Å²) in [5.74, 6) is 0.559. The average Bonchev–Trinajstić information content (AvgIpc) is 3.26. The van der Waals surface area contributed by atoms with Gasteiger partial charge in [0.1, 0.15) is 5.69 Å². The predicted molar refractivity (Wildman–Crippen MR) is 154 cm³/mol. The van der Waals surface area contributed by atoms with Gasteiger partial charge in [0, 0.05) is 18.9 Å². The second-order valence-corrected chi connectivity index (χ2v) is 11.0. The lowest BCUT2D eigenvalue weighted by Gasteiger charge is -2.53. The van der Waals surface area contributed by atoms with Crippen LogP contribution in [0.25, 0.3) is 0 Å². The van der Waals surface area contributed by atoms with E-state index < -0.39 is 5.97 Å². The van der Waals surface area contributed by atoms with Crippen LogP contribution in [0.5, 0.6) is 0 Å². The number of aliphatic hydroxyl groups excluding tert-OH is 1. The van der Waals surface area contributed by atoms with E-state index >= 15 is 0 Å². The van der Waals surface area contributed by atoms with Gasteiger partial charge in [0.15, 0.2) is 0 Å². The van der Waals surface area contributed by atoms with Crippen LogP contribution in [0.3, 0.4) is 0 Å². The van der Waals surface area contributed by atoms with E-state index in [2.05, 4.69) is 43.9 Å². The summed E-state index contributed by atoms with van der Waals surface area (Å²) in [6.45, 7) is 4.04. The average molecular weight is 540 g/mol. The molecule has 39 heavy (non-hydrogen) atoms. The molecule has 3 aliphatic carbocycles. The summed E-state index contributed by atoms with van der Waals surface area (Å²) in [6.07, 6.45) is 25.6. The third-order valence-electron chi connectivity index (χ3n) is 8.96. The van der Waals surface area contributed by atoms with Crippen molar-refractivity contribution in [3.8, 4) is 25.7 Å². The van der Waals surface area contributed by atoms with Crippen molar-refractivity contribution < 1.29 is 24.5 Å². The van der Waals surface area contributed by atoms with E-state index in [-0.39, 0.29) is 30.0 Å². The molecule has 3 aliphatic rings. The molecule has 2 saturated carbocycles. The number of hydrogen-bond acceptors (Lipinski definition) is 6. The van der Waals surface area contributed by atoms with Gasteiger partial charge in [-0.1, -0.05) is 32.3 Å². The zero-order valence-electron chi connectivity index (χ0n) is 23.3. The molecular formula is C32H45NO6. The number of nitroso groups, excluding NO2 is 1. The van der Waals surface area contributed by atoms with Crippen molar-refractivity contribution in [3.05, 3.63) is 34.2 Å². The Hall–Kier alpha value is -2.71. The number of ether oxygens (including phenoxy) is 2. The maximum absolute atomic E-state index is 11.1. The summed E-state index contributed by atoms with van der Waals surface area (Å²) in [4.78, 5) is 21.6. The Kier molecular flexibility index (Phi) is 13.7. The normalized spacial score (nSPS) is 28.3. The fourth-order valence-electron chi connectivity index (χ4n) is 7.18. The largest absolute Gasteiger partial charge is 0.481 e. The lowest BCUT2D eigenvalue weighted by Crippen LogP contribution is -2.51. The number of benzene rings is 1. The molecule has 6 atom stereocenters. The van der Waals surface area contributed by atoms with E-state index in [1.165, 1.54) is 11.1 Å². The van der Waals surface area contributed by atoms with E-state index in [0.29, 0.717) is 37.3 Å². The first-order chi connectivity index (χ1) is 18.9. The fourth-order valence-corrected chi connectivity index (χ4v) is 7.18. The summed E-state index contributed by atoms with van der Waals surface area (Å²) >= 11 is 0. The van der Waals surface area contributed by atoms with Crippen LogP contribution in [0.15, 0.2) is 23.4 Å². The maximum Gasteiger partial charge on any atom is 0.303 e. The standard InChI is InChI=1S/C28H41NO6.2C2H2/c1-28-18-24(35-16-15-34-14-6-4-2-3-5-7-26(31)32)27-21-11-9-20(29-33)17-19(21)8-10-22(27)23(28)12-13-25(28)30;2*1-2/h9,11,17,22-25,27,30H,2-8,10,12-16,18H2,1H3,(H,31,32);2*1-2H/t22?,23?,24?,25?,27-,28?;;/m1../s1. The molecule has 0 heterocycles. The van der Waals surface area contributed by atoms with Gasteiger partial charge in [-0.05, 0) is 90.6 Å². The van der Waals surface area contributed by atoms with Crippen LogP contribution in [0.1, 0.15) is 88.2 Å². The highest BCUT2D eigenvalue weighted by molar-refractivity contribution is 5.66. The van der Waals surface area contributed by atoms with Crippen molar-refractivity contribution in [2.24, 2.45) is 22.4 Å². The van der Waals surface area contributed by atoms with Gasteiger partial charge in [-0.2, -0.15) is 0 Å². The lowest BCUT2D eigenvalue weighted by atomic mass is 9.54. The summed E-state index contributed by atoms with van der Waals surface area (Å²) in [7, 11) is 0. The summed E-state index contributed by atoms with van der Waals surface area (Å²) in [5, 5.41) is 22.7. The second kappa shape index (κ2) is 16.4. The van der Waals surface area contributed by atoms with Crippen LogP contribution in [0.2, 0.25) is 0 Å². The molecule has 2 N–H and O–H groups in total. The molecular weight excluding hydrogens is 494 g/mol. The van der Waals surface area contributed by atoms with Crippen LogP contribution < -0.4 is 0 Å². The Balaban J connectivity index is 0.00000127. The number of carbonyl (C=O) groups is 1. The molecule has 0 saturated heterocycles. The molecule has 0 radical (unpaired) electrons. The van der Waals surface area contributed by atoms with Gasteiger partial charge in [-0.3, -0.25) is 4.79 Å². The molecule has 0 bridgehead atoms. The molecule has 7 heteroatoms. The van der Waals surface area contributed by atoms with Gasteiger partial charge in [-0.15, -0.1) is 30.6 Å². The highest BCUT2D eigenvalue weighted by atomic mass is 16.5. The molecule has 0 aliphatic heterocycles. The molecule has 7 nitrogen and oxygen atoms in total. The third kappa shape index (κ3) is 8.15. The number of terminal acetylenes is 2.